The molecule has 9 aromatic carbocycles. The van der Waals surface area contributed by atoms with E-state index in [4.69, 9.17) is 15.5 Å². The first-order valence-electron chi connectivity index (χ1n) is 25.1. The van der Waals surface area contributed by atoms with Crippen LogP contribution in [0.5, 0.6) is 0 Å². The summed E-state index contributed by atoms with van der Waals surface area (Å²) in [5, 5.41) is 6.08. The zero-order chi connectivity index (χ0) is 48.8. The second-order valence-corrected chi connectivity index (χ2v) is 16.0. The van der Waals surface area contributed by atoms with Crippen LogP contribution in [0.15, 0.2) is 218 Å². The fourth-order valence-corrected chi connectivity index (χ4v) is 10.1. The van der Waals surface area contributed by atoms with Gasteiger partial charge in [-0.25, -0.2) is 9.97 Å². The molecule has 0 spiro atoms. The fourth-order valence-electron chi connectivity index (χ4n) is 10.1. The van der Waals surface area contributed by atoms with Crippen LogP contribution in [0.3, 0.4) is 0 Å². The number of hydrogen-bond donors (Lipinski definition) is 0. The average molecular weight is 825 g/mol. The van der Waals surface area contributed by atoms with Gasteiger partial charge in [-0.2, -0.15) is 0 Å². The molecule has 0 saturated heterocycles. The van der Waals surface area contributed by atoms with E-state index in [2.05, 4.69) is 69.8 Å². The number of hydrogen-bond acceptors (Lipinski definition) is 2. The van der Waals surface area contributed by atoms with Crippen LogP contribution in [0.4, 0.5) is 0 Å². The van der Waals surface area contributed by atoms with Crippen molar-refractivity contribution in [1.82, 2.24) is 28.2 Å². The smallest absolute Gasteiger partial charge is 0.168 e. The predicted molar refractivity (Wildman–Crippen MR) is 265 cm³/mol. The molecule has 6 nitrogen and oxygen atoms in total. The third-order valence-electron chi connectivity index (χ3n) is 12.7. The van der Waals surface area contributed by atoms with Gasteiger partial charge in [0.25, 0.3) is 0 Å². The van der Waals surface area contributed by atoms with E-state index in [1.807, 2.05) is 103 Å². The van der Waals surface area contributed by atoms with Crippen LogP contribution in [-0.2, 0) is 0 Å². The van der Waals surface area contributed by atoms with Crippen LogP contribution < -0.4 is 0 Å². The Morgan fingerprint density at radius 3 is 0.984 bits per heavy atom. The maximum absolute atomic E-state index is 9.48. The summed E-state index contributed by atoms with van der Waals surface area (Å²) in [7, 11) is 0. The molecule has 0 aliphatic carbocycles. The van der Waals surface area contributed by atoms with Gasteiger partial charge in [-0.05, 0) is 60.6 Å². The van der Waals surface area contributed by atoms with Crippen molar-refractivity contribution >= 4 is 87.2 Å². The van der Waals surface area contributed by atoms with E-state index in [1.54, 1.807) is 15.2 Å². The zero-order valence-corrected chi connectivity index (χ0v) is 33.8. The SMILES string of the molecule is [2H]c1c([2H])c([2H])c2c(c1[2H])c1ccccc1n2-c1cc(-n2c3ccccc3c3c([2H])c([2H])c([2H])c([2H])c32)nc(-c2c(-n3c4ccccc4c4ccccc43)cccc2-n2c3ccccc3c3ccccc32)n1. The predicted octanol–water partition coefficient (Wildman–Crippen LogP) is 14.5. The summed E-state index contributed by atoms with van der Waals surface area (Å²) in [6.07, 6.45) is 0. The fraction of sp³-hybridized carbons (Fsp3) is 0. The van der Waals surface area contributed by atoms with Gasteiger partial charge in [0.2, 0.25) is 0 Å². The molecule has 298 valence electrons. The number of nitrogens with zero attached hydrogens (tertiary/aromatic N) is 6. The van der Waals surface area contributed by atoms with E-state index in [9.17, 15) is 5.48 Å². The summed E-state index contributed by atoms with van der Waals surface area (Å²) in [5.74, 6) is 0.779. The Morgan fingerprint density at radius 1 is 0.297 bits per heavy atom. The van der Waals surface area contributed by atoms with Crippen LogP contribution in [0, 0.1) is 0 Å². The molecule has 0 bridgehead atoms. The third kappa shape index (κ3) is 4.85. The molecule has 14 rings (SSSR count). The Bertz CT molecular complexity index is 4300. The van der Waals surface area contributed by atoms with Gasteiger partial charge in [0.15, 0.2) is 5.82 Å². The lowest BCUT2D eigenvalue weighted by atomic mass is 10.1. The Balaban J connectivity index is 1.22. The minimum absolute atomic E-state index is 0.181. The molecule has 0 unspecified atom stereocenters. The molecule has 0 radical (unpaired) electrons. The number of aromatic nitrogens is 6. The quantitative estimate of drug-likeness (QED) is 0.174. The largest absolute Gasteiger partial charge is 0.308 e. The summed E-state index contributed by atoms with van der Waals surface area (Å²) in [6.45, 7) is 0. The third-order valence-corrected chi connectivity index (χ3v) is 12.7. The van der Waals surface area contributed by atoms with Crippen LogP contribution >= 0.6 is 0 Å². The summed E-state index contributed by atoms with van der Waals surface area (Å²) in [5.41, 5.74) is 7.55. The van der Waals surface area contributed by atoms with Crippen LogP contribution in [0.2, 0.25) is 0 Å². The maximum Gasteiger partial charge on any atom is 0.168 e. The lowest BCUT2D eigenvalue weighted by molar-refractivity contribution is 0.987. The Hall–Kier alpha value is -8.74. The molecule has 5 heterocycles. The second kappa shape index (κ2) is 13.4. The molecule has 0 fully saturated rings. The minimum Gasteiger partial charge on any atom is -0.308 e. The molecule has 6 heteroatoms. The van der Waals surface area contributed by atoms with Crippen molar-refractivity contribution in [3.05, 3.63) is 218 Å². The average Bonchev–Trinajstić information content (AvgIpc) is 4.16. The van der Waals surface area contributed by atoms with E-state index in [1.165, 1.54) is 0 Å². The molecule has 0 aliphatic heterocycles. The normalized spacial score (nSPS) is 13.8. The van der Waals surface area contributed by atoms with Gasteiger partial charge in [-0.15, -0.1) is 0 Å². The van der Waals surface area contributed by atoms with Gasteiger partial charge >= 0.3 is 0 Å². The standard InChI is InChI=1S/C58H36N6/c1-9-26-45-37(18-1)38-19-2-10-27-46(38)61(45)53-34-17-35-54(62-47-28-11-3-20-39(47)40-21-4-12-29-48(40)62)57(53)58-59-55(63-49-30-13-5-22-41(49)42-23-6-14-31-50(42)63)36-56(60-58)64-51-32-15-7-24-43(51)44-25-8-16-33-52(44)64/h1-36H/i5D,7D,13D,15D,22D,24D,30D,32D. The molecule has 0 N–H and O–H groups in total. The van der Waals surface area contributed by atoms with E-state index in [0.29, 0.717) is 38.1 Å². The summed E-state index contributed by atoms with van der Waals surface area (Å²) < 4.78 is 80.9. The van der Waals surface area contributed by atoms with Crippen molar-refractivity contribution in [1.29, 1.82) is 0 Å². The van der Waals surface area contributed by atoms with Crippen LogP contribution in [-0.4, -0.2) is 28.2 Å². The Labute approximate surface area is 378 Å². The summed E-state index contributed by atoms with van der Waals surface area (Å²) in [6, 6.07) is 53.5. The first-order chi connectivity index (χ1) is 35.1. The van der Waals surface area contributed by atoms with Crippen molar-refractivity contribution in [2.24, 2.45) is 0 Å². The first-order valence-corrected chi connectivity index (χ1v) is 21.1. The molecule has 64 heavy (non-hydrogen) atoms. The lowest BCUT2D eigenvalue weighted by Gasteiger charge is -2.20. The van der Waals surface area contributed by atoms with Gasteiger partial charge < -0.3 is 9.13 Å². The highest BCUT2D eigenvalue weighted by Crippen LogP contribution is 2.43. The molecule has 0 atom stereocenters. The summed E-state index contributed by atoms with van der Waals surface area (Å²) >= 11 is 0. The van der Waals surface area contributed by atoms with Gasteiger partial charge in [0.1, 0.15) is 11.6 Å². The highest BCUT2D eigenvalue weighted by atomic mass is 15.2. The molecule has 0 amide bonds. The highest BCUT2D eigenvalue weighted by Gasteiger charge is 2.26. The number of rotatable bonds is 5. The first kappa shape index (κ1) is 28.0. The zero-order valence-electron chi connectivity index (χ0n) is 41.8. The molecule has 0 aliphatic rings. The van der Waals surface area contributed by atoms with Crippen molar-refractivity contribution < 1.29 is 11.0 Å². The van der Waals surface area contributed by atoms with E-state index in [-0.39, 0.29) is 64.7 Å². The van der Waals surface area contributed by atoms with Crippen molar-refractivity contribution in [3.8, 4) is 34.4 Å². The van der Waals surface area contributed by atoms with Crippen molar-refractivity contribution in [3.63, 3.8) is 0 Å². The molecular formula is C58H36N6. The Kier molecular flexibility index (Phi) is 5.85. The summed E-state index contributed by atoms with van der Waals surface area (Å²) in [4.78, 5) is 11.2. The number of benzene rings is 9. The highest BCUT2D eigenvalue weighted by molar-refractivity contribution is 6.13. The van der Waals surface area contributed by atoms with Crippen molar-refractivity contribution in [2.75, 3.05) is 0 Å². The topological polar surface area (TPSA) is 45.5 Å². The number of para-hydroxylation sites is 8. The van der Waals surface area contributed by atoms with E-state index in [0.717, 1.165) is 55.0 Å². The monoisotopic (exact) mass is 824 g/mol. The number of fused-ring (bicyclic) bond motifs is 12. The molecule has 14 aromatic rings. The van der Waals surface area contributed by atoms with Gasteiger partial charge in [0.05, 0.1) is 72.0 Å². The van der Waals surface area contributed by atoms with Crippen molar-refractivity contribution in [2.45, 2.75) is 0 Å². The van der Waals surface area contributed by atoms with Crippen LogP contribution in [0.1, 0.15) is 11.0 Å². The molecule has 0 saturated carbocycles. The van der Waals surface area contributed by atoms with Gasteiger partial charge in [-0.3, -0.25) is 9.13 Å². The Morgan fingerprint density at radius 2 is 0.609 bits per heavy atom. The van der Waals surface area contributed by atoms with Gasteiger partial charge in [0, 0.05) is 49.2 Å². The van der Waals surface area contributed by atoms with Crippen LogP contribution in [0.25, 0.3) is 122 Å². The maximum atomic E-state index is 9.48. The van der Waals surface area contributed by atoms with Gasteiger partial charge in [-0.1, -0.05) is 152 Å². The molecule has 5 aromatic heterocycles. The minimum atomic E-state index is -0.394. The second-order valence-electron chi connectivity index (χ2n) is 16.0. The lowest BCUT2D eigenvalue weighted by Crippen LogP contribution is -2.10. The van der Waals surface area contributed by atoms with E-state index >= 15 is 0 Å². The molecular weight excluding hydrogens is 781 g/mol. The van der Waals surface area contributed by atoms with E-state index < -0.39 is 12.1 Å².